The van der Waals surface area contributed by atoms with Gasteiger partial charge in [0.25, 0.3) is 0 Å². The van der Waals surface area contributed by atoms with Gasteiger partial charge in [0, 0.05) is 23.5 Å². The van der Waals surface area contributed by atoms with Crippen LogP contribution in [0.15, 0.2) is 22.3 Å². The molecule has 1 rings (SSSR count). The molecule has 0 amide bonds. The summed E-state index contributed by atoms with van der Waals surface area (Å²) in [6, 6.07) is -0.324. The van der Waals surface area contributed by atoms with E-state index in [1.807, 2.05) is 13.0 Å². The van der Waals surface area contributed by atoms with Gasteiger partial charge in [0.15, 0.2) is 5.78 Å². The van der Waals surface area contributed by atoms with Crippen LogP contribution in [0.2, 0.25) is 0 Å². The van der Waals surface area contributed by atoms with E-state index in [4.69, 9.17) is 5.11 Å². The molecular formula is C11H14BrNO3. The molecule has 2 N–H and O–H groups in total. The summed E-state index contributed by atoms with van der Waals surface area (Å²) >= 11 is 3.34. The summed E-state index contributed by atoms with van der Waals surface area (Å²) in [4.78, 5) is 22.0. The number of allylic oxidation sites excluding steroid dienone is 2. The zero-order chi connectivity index (χ0) is 12.1. The van der Waals surface area contributed by atoms with Crippen molar-refractivity contribution in [2.45, 2.75) is 32.2 Å². The van der Waals surface area contributed by atoms with E-state index in [9.17, 15) is 9.59 Å². The molecule has 0 radical (unpaired) electrons. The van der Waals surface area contributed by atoms with Crippen molar-refractivity contribution in [2.24, 2.45) is 0 Å². The zero-order valence-corrected chi connectivity index (χ0v) is 10.6. The van der Waals surface area contributed by atoms with Crippen LogP contribution >= 0.6 is 15.9 Å². The van der Waals surface area contributed by atoms with E-state index in [-0.39, 0.29) is 18.2 Å². The number of rotatable bonds is 5. The van der Waals surface area contributed by atoms with E-state index in [1.54, 1.807) is 6.20 Å². The second-order valence-electron chi connectivity index (χ2n) is 3.70. The molecule has 1 unspecified atom stereocenters. The van der Waals surface area contributed by atoms with Crippen molar-refractivity contribution < 1.29 is 14.7 Å². The Kier molecular flexibility index (Phi) is 4.73. The van der Waals surface area contributed by atoms with Crippen LogP contribution in [-0.4, -0.2) is 22.9 Å². The quantitative estimate of drug-likeness (QED) is 0.811. The first-order valence-corrected chi connectivity index (χ1v) is 5.85. The fourth-order valence-corrected chi connectivity index (χ4v) is 1.67. The lowest BCUT2D eigenvalue weighted by molar-refractivity contribution is -0.137. The number of carbonyl (C=O) groups excluding carboxylic acids is 1. The summed E-state index contributed by atoms with van der Waals surface area (Å²) in [5, 5.41) is 11.4. The first kappa shape index (κ1) is 13.0. The molecule has 0 fully saturated rings. The predicted octanol–water partition coefficient (Wildman–Crippen LogP) is 1.96. The van der Waals surface area contributed by atoms with Crippen LogP contribution in [0.3, 0.4) is 0 Å². The predicted molar refractivity (Wildman–Crippen MR) is 64.2 cm³/mol. The highest BCUT2D eigenvalue weighted by Crippen LogP contribution is 2.20. The average molecular weight is 288 g/mol. The van der Waals surface area contributed by atoms with Crippen molar-refractivity contribution in [2.75, 3.05) is 0 Å². The number of ketones is 1. The minimum atomic E-state index is -0.862. The van der Waals surface area contributed by atoms with Gasteiger partial charge in [-0.15, -0.1) is 0 Å². The summed E-state index contributed by atoms with van der Waals surface area (Å²) in [7, 11) is 0. The number of aliphatic carboxylic acids is 1. The van der Waals surface area contributed by atoms with Gasteiger partial charge in [-0.2, -0.15) is 0 Å². The van der Waals surface area contributed by atoms with Crippen LogP contribution in [0.1, 0.15) is 26.2 Å². The van der Waals surface area contributed by atoms with Crippen molar-refractivity contribution in [1.82, 2.24) is 5.32 Å². The molecule has 88 valence electrons. The number of carboxylic acids is 1. The van der Waals surface area contributed by atoms with Crippen LogP contribution in [0.5, 0.6) is 0 Å². The van der Waals surface area contributed by atoms with Gasteiger partial charge in [-0.25, -0.2) is 0 Å². The molecule has 4 nitrogen and oxygen atoms in total. The van der Waals surface area contributed by atoms with Crippen molar-refractivity contribution >= 4 is 27.7 Å². The number of hydrogen-bond donors (Lipinski definition) is 2. The summed E-state index contributed by atoms with van der Waals surface area (Å²) in [5.41, 5.74) is 1.01. The third-order valence-corrected chi connectivity index (χ3v) is 3.20. The van der Waals surface area contributed by atoms with Crippen LogP contribution < -0.4 is 5.32 Å². The molecule has 1 atom stereocenters. The van der Waals surface area contributed by atoms with E-state index in [0.717, 1.165) is 10.1 Å². The van der Waals surface area contributed by atoms with Gasteiger partial charge in [-0.1, -0.05) is 6.08 Å². The zero-order valence-electron chi connectivity index (χ0n) is 9.00. The number of hydrogen-bond acceptors (Lipinski definition) is 3. The molecule has 0 saturated heterocycles. The van der Waals surface area contributed by atoms with E-state index < -0.39 is 5.97 Å². The topological polar surface area (TPSA) is 66.4 Å². The highest BCUT2D eigenvalue weighted by molar-refractivity contribution is 9.12. The number of carboxylic acid groups (broad SMARTS) is 1. The standard InChI is InChI=1S/C11H14BrNO3/c1-7-5-9(13-6-8(7)12)10(14)3-2-4-11(15)16/h5-6,9,13H,2-4H2,1H3,(H,15,16). The number of halogens is 1. The van der Waals surface area contributed by atoms with Crippen LogP contribution in [0.25, 0.3) is 0 Å². The molecular weight excluding hydrogens is 274 g/mol. The summed E-state index contributed by atoms with van der Waals surface area (Å²) < 4.78 is 0.932. The molecule has 0 aromatic heterocycles. The molecule has 1 heterocycles. The third kappa shape index (κ3) is 3.81. The maximum absolute atomic E-state index is 11.7. The molecule has 16 heavy (non-hydrogen) atoms. The number of dihydropyridines is 1. The van der Waals surface area contributed by atoms with Gasteiger partial charge in [0.05, 0.1) is 0 Å². The molecule has 5 heteroatoms. The van der Waals surface area contributed by atoms with Gasteiger partial charge in [0.1, 0.15) is 6.04 Å². The minimum absolute atomic E-state index is 0.0249. The van der Waals surface area contributed by atoms with Gasteiger partial charge in [-0.05, 0) is 34.8 Å². The van der Waals surface area contributed by atoms with Crippen LogP contribution in [-0.2, 0) is 9.59 Å². The average Bonchev–Trinajstić information content (AvgIpc) is 2.21. The Morgan fingerprint density at radius 2 is 2.19 bits per heavy atom. The monoisotopic (exact) mass is 287 g/mol. The Hall–Kier alpha value is -1.10. The lowest BCUT2D eigenvalue weighted by atomic mass is 10.0. The highest BCUT2D eigenvalue weighted by atomic mass is 79.9. The first-order chi connectivity index (χ1) is 7.50. The summed E-state index contributed by atoms with van der Waals surface area (Å²) in [5.74, 6) is -0.837. The van der Waals surface area contributed by atoms with Crippen molar-refractivity contribution in [3.63, 3.8) is 0 Å². The molecule has 0 aliphatic carbocycles. The van der Waals surface area contributed by atoms with E-state index >= 15 is 0 Å². The SMILES string of the molecule is CC1=CC(C(=O)CCCC(=O)O)NC=C1Br. The van der Waals surface area contributed by atoms with Crippen molar-refractivity contribution in [3.8, 4) is 0 Å². The third-order valence-electron chi connectivity index (χ3n) is 2.34. The fraction of sp³-hybridized carbons (Fsp3) is 0.455. The molecule has 0 aromatic carbocycles. The maximum atomic E-state index is 11.7. The minimum Gasteiger partial charge on any atom is -0.481 e. The Balaban J connectivity index is 2.42. The molecule has 0 aromatic rings. The lowest BCUT2D eigenvalue weighted by Crippen LogP contribution is -2.33. The molecule has 1 aliphatic rings. The van der Waals surface area contributed by atoms with Crippen molar-refractivity contribution in [1.29, 1.82) is 0 Å². The largest absolute Gasteiger partial charge is 0.481 e. The number of carbonyl (C=O) groups is 2. The summed E-state index contributed by atoms with van der Waals surface area (Å²) in [6.07, 6.45) is 4.31. The van der Waals surface area contributed by atoms with Crippen LogP contribution in [0.4, 0.5) is 0 Å². The van der Waals surface area contributed by atoms with E-state index in [0.29, 0.717) is 12.8 Å². The van der Waals surface area contributed by atoms with Gasteiger partial charge in [0.2, 0.25) is 0 Å². The highest BCUT2D eigenvalue weighted by Gasteiger charge is 2.18. The Morgan fingerprint density at radius 3 is 2.75 bits per heavy atom. The fourth-order valence-electron chi connectivity index (χ4n) is 1.41. The normalized spacial score (nSPS) is 19.5. The van der Waals surface area contributed by atoms with E-state index in [2.05, 4.69) is 21.2 Å². The molecule has 0 bridgehead atoms. The Bertz CT molecular complexity index is 360. The lowest BCUT2D eigenvalue weighted by Gasteiger charge is -2.18. The number of nitrogens with one attached hydrogen (secondary N) is 1. The van der Waals surface area contributed by atoms with Gasteiger partial charge in [-0.3, -0.25) is 9.59 Å². The summed E-state index contributed by atoms with van der Waals surface area (Å²) in [6.45, 7) is 1.92. The molecule has 0 spiro atoms. The second kappa shape index (κ2) is 5.84. The molecule has 0 saturated carbocycles. The van der Waals surface area contributed by atoms with Crippen LogP contribution in [0, 0.1) is 0 Å². The Morgan fingerprint density at radius 1 is 1.50 bits per heavy atom. The molecule has 1 aliphatic heterocycles. The van der Waals surface area contributed by atoms with Gasteiger partial charge >= 0.3 is 5.97 Å². The Labute approximate surface area is 103 Å². The smallest absolute Gasteiger partial charge is 0.303 e. The first-order valence-electron chi connectivity index (χ1n) is 5.05. The second-order valence-corrected chi connectivity index (χ2v) is 4.55. The van der Waals surface area contributed by atoms with Gasteiger partial charge < -0.3 is 10.4 Å². The maximum Gasteiger partial charge on any atom is 0.303 e. The van der Waals surface area contributed by atoms with E-state index in [1.165, 1.54) is 0 Å². The number of Topliss-reactive ketones (excluding diaryl/α,β-unsaturated/α-hetero) is 1. The van der Waals surface area contributed by atoms with Crippen molar-refractivity contribution in [3.05, 3.63) is 22.3 Å².